The van der Waals surface area contributed by atoms with Crippen LogP contribution in [0.25, 0.3) is 11.4 Å². The summed E-state index contributed by atoms with van der Waals surface area (Å²) in [5.41, 5.74) is 0.682. The normalized spacial score (nSPS) is 14.9. The van der Waals surface area contributed by atoms with Crippen LogP contribution >= 0.6 is 0 Å². The first-order valence-electron chi connectivity index (χ1n) is 15.2. The molecule has 3 rings (SSSR count). The second-order valence-electron chi connectivity index (χ2n) is 11.7. The lowest BCUT2D eigenvalue weighted by Gasteiger charge is -2.36. The fraction of sp³-hybridized carbons (Fsp3) is 0.562. The van der Waals surface area contributed by atoms with Crippen LogP contribution in [0, 0.1) is 0 Å². The van der Waals surface area contributed by atoms with E-state index in [0.29, 0.717) is 30.8 Å². The van der Waals surface area contributed by atoms with E-state index in [1.54, 1.807) is 38.7 Å². The molecule has 1 aliphatic rings. The number of aliphatic hydroxyl groups is 1. The topological polar surface area (TPSA) is 151 Å². The zero-order chi connectivity index (χ0) is 32.3. The number of hydrogen-bond acceptors (Lipinski definition) is 9. The van der Waals surface area contributed by atoms with Crippen LogP contribution in [0.4, 0.5) is 4.79 Å². The number of carbonyl (C=O) groups excluding carboxylic acids is 4. The second kappa shape index (κ2) is 16.1. The van der Waals surface area contributed by atoms with Crippen molar-refractivity contribution in [2.75, 3.05) is 32.8 Å². The van der Waals surface area contributed by atoms with Gasteiger partial charge < -0.3 is 29.7 Å². The lowest BCUT2D eigenvalue weighted by molar-refractivity contribution is -0.155. The number of ether oxygens (including phenoxy) is 2. The standard InChI is InChI=1S/C32H45N5O7/c1-6-24(38)14-13-23-21-26(34-28(33-23)22-11-9-8-10-12-22)29(40)35-25(15-16-27(39)44-32(3,4)5)30(41)36-17-19-37(20-18-36)31(42)43-7-2/h8-12,21,24-25,38H,6-7,13-20H2,1-5H3,(H,35,40). The number of amides is 3. The Morgan fingerprint density at radius 3 is 2.25 bits per heavy atom. The van der Waals surface area contributed by atoms with E-state index in [0.717, 1.165) is 5.56 Å². The fourth-order valence-electron chi connectivity index (χ4n) is 4.67. The average Bonchev–Trinajstić information content (AvgIpc) is 3.01. The van der Waals surface area contributed by atoms with Crippen molar-refractivity contribution in [1.29, 1.82) is 0 Å². The molecule has 12 nitrogen and oxygen atoms in total. The van der Waals surface area contributed by atoms with Gasteiger partial charge in [0.05, 0.1) is 12.7 Å². The summed E-state index contributed by atoms with van der Waals surface area (Å²) in [6, 6.07) is 9.77. The summed E-state index contributed by atoms with van der Waals surface area (Å²) in [6.45, 7) is 10.2. The van der Waals surface area contributed by atoms with Crippen molar-refractivity contribution in [3.8, 4) is 11.4 Å². The molecule has 1 aromatic carbocycles. The number of piperazine rings is 1. The van der Waals surface area contributed by atoms with E-state index in [1.807, 2.05) is 37.3 Å². The van der Waals surface area contributed by atoms with Gasteiger partial charge in [-0.3, -0.25) is 14.4 Å². The molecular formula is C32H45N5O7. The summed E-state index contributed by atoms with van der Waals surface area (Å²) in [5, 5.41) is 12.9. The van der Waals surface area contributed by atoms with Crippen molar-refractivity contribution in [2.45, 2.75) is 84.5 Å². The molecule has 2 N–H and O–H groups in total. The molecule has 3 amide bonds. The van der Waals surface area contributed by atoms with E-state index in [1.165, 1.54) is 4.90 Å². The van der Waals surface area contributed by atoms with Gasteiger partial charge in [-0.25, -0.2) is 14.8 Å². The van der Waals surface area contributed by atoms with Gasteiger partial charge in [-0.05, 0) is 59.4 Å². The smallest absolute Gasteiger partial charge is 0.409 e. The molecule has 1 fully saturated rings. The van der Waals surface area contributed by atoms with Gasteiger partial charge in [0.2, 0.25) is 5.91 Å². The molecule has 1 aliphatic heterocycles. The number of nitrogens with one attached hydrogen (secondary N) is 1. The monoisotopic (exact) mass is 611 g/mol. The number of benzene rings is 1. The largest absolute Gasteiger partial charge is 0.460 e. The molecule has 0 spiro atoms. The third-order valence-corrected chi connectivity index (χ3v) is 7.03. The van der Waals surface area contributed by atoms with Gasteiger partial charge in [0.15, 0.2) is 5.82 Å². The Bertz CT molecular complexity index is 1270. The molecule has 2 atom stereocenters. The van der Waals surface area contributed by atoms with Gasteiger partial charge in [0.1, 0.15) is 17.3 Å². The number of aryl methyl sites for hydroxylation is 1. The maximum absolute atomic E-state index is 13.7. The highest BCUT2D eigenvalue weighted by molar-refractivity contribution is 5.96. The molecule has 0 aliphatic carbocycles. The van der Waals surface area contributed by atoms with Gasteiger partial charge in [-0.15, -0.1) is 0 Å². The predicted molar refractivity (Wildman–Crippen MR) is 164 cm³/mol. The maximum atomic E-state index is 13.7. The number of nitrogens with zero attached hydrogens (tertiary/aromatic N) is 4. The van der Waals surface area contributed by atoms with Crippen LogP contribution in [0.3, 0.4) is 0 Å². The highest BCUT2D eigenvalue weighted by Crippen LogP contribution is 2.18. The number of aromatic nitrogens is 2. The first-order chi connectivity index (χ1) is 20.9. The summed E-state index contributed by atoms with van der Waals surface area (Å²) < 4.78 is 10.5. The lowest BCUT2D eigenvalue weighted by Crippen LogP contribution is -2.56. The van der Waals surface area contributed by atoms with Gasteiger partial charge in [0.25, 0.3) is 5.91 Å². The second-order valence-corrected chi connectivity index (χ2v) is 11.7. The van der Waals surface area contributed by atoms with Crippen LogP contribution in [0.15, 0.2) is 36.4 Å². The predicted octanol–water partition coefficient (Wildman–Crippen LogP) is 3.37. The van der Waals surface area contributed by atoms with Crippen molar-refractivity contribution < 1.29 is 33.8 Å². The molecule has 1 aromatic heterocycles. The van der Waals surface area contributed by atoms with Gasteiger partial charge in [-0.1, -0.05) is 37.3 Å². The number of esters is 1. The fourth-order valence-corrected chi connectivity index (χ4v) is 4.67. The average molecular weight is 612 g/mol. The van der Waals surface area contributed by atoms with E-state index < -0.39 is 35.7 Å². The van der Waals surface area contributed by atoms with E-state index in [-0.39, 0.29) is 57.2 Å². The van der Waals surface area contributed by atoms with Crippen molar-refractivity contribution >= 4 is 23.9 Å². The first kappa shape index (κ1) is 34.4. The summed E-state index contributed by atoms with van der Waals surface area (Å²) in [4.78, 5) is 64.2. The highest BCUT2D eigenvalue weighted by atomic mass is 16.6. The maximum Gasteiger partial charge on any atom is 0.409 e. The van der Waals surface area contributed by atoms with Crippen molar-refractivity contribution in [2.24, 2.45) is 0 Å². The minimum atomic E-state index is -1.04. The Morgan fingerprint density at radius 2 is 1.64 bits per heavy atom. The minimum absolute atomic E-state index is 0.0176. The zero-order valence-electron chi connectivity index (χ0n) is 26.4. The number of carbonyl (C=O) groups is 4. The summed E-state index contributed by atoms with van der Waals surface area (Å²) in [6.07, 6.45) is 0.497. The third-order valence-electron chi connectivity index (χ3n) is 7.03. The zero-order valence-corrected chi connectivity index (χ0v) is 26.4. The molecule has 0 bridgehead atoms. The van der Waals surface area contributed by atoms with Gasteiger partial charge in [-0.2, -0.15) is 0 Å². The molecule has 240 valence electrons. The molecule has 1 saturated heterocycles. The first-order valence-corrected chi connectivity index (χ1v) is 15.2. The van der Waals surface area contributed by atoms with Crippen LogP contribution in [0.1, 0.15) is 76.5 Å². The number of rotatable bonds is 12. The Hall–Kier alpha value is -4.06. The van der Waals surface area contributed by atoms with E-state index in [2.05, 4.69) is 15.3 Å². The van der Waals surface area contributed by atoms with Crippen LogP contribution in [-0.2, 0) is 25.5 Å². The third kappa shape index (κ3) is 10.6. The van der Waals surface area contributed by atoms with Crippen LogP contribution in [0.5, 0.6) is 0 Å². The summed E-state index contributed by atoms with van der Waals surface area (Å²) in [7, 11) is 0. The van der Waals surface area contributed by atoms with E-state index >= 15 is 0 Å². The molecule has 2 unspecified atom stereocenters. The number of aliphatic hydroxyl groups excluding tert-OH is 1. The van der Waals surface area contributed by atoms with E-state index in [4.69, 9.17) is 9.47 Å². The van der Waals surface area contributed by atoms with Crippen LogP contribution < -0.4 is 5.32 Å². The summed E-state index contributed by atoms with van der Waals surface area (Å²) in [5.74, 6) is -1.09. The molecule has 2 aromatic rings. The Labute approximate surface area is 259 Å². The lowest BCUT2D eigenvalue weighted by atomic mass is 10.1. The van der Waals surface area contributed by atoms with Crippen molar-refractivity contribution in [3.63, 3.8) is 0 Å². The highest BCUT2D eigenvalue weighted by Gasteiger charge is 2.32. The molecule has 0 saturated carbocycles. The van der Waals surface area contributed by atoms with Gasteiger partial charge >= 0.3 is 12.1 Å². The van der Waals surface area contributed by atoms with Crippen molar-refractivity contribution in [3.05, 3.63) is 47.8 Å². The molecule has 0 radical (unpaired) electrons. The Morgan fingerprint density at radius 1 is 0.977 bits per heavy atom. The Kier molecular flexibility index (Phi) is 12.6. The van der Waals surface area contributed by atoms with Crippen LogP contribution in [0.2, 0.25) is 0 Å². The van der Waals surface area contributed by atoms with Gasteiger partial charge in [0, 0.05) is 43.9 Å². The minimum Gasteiger partial charge on any atom is -0.460 e. The Balaban J connectivity index is 1.83. The van der Waals surface area contributed by atoms with Crippen LogP contribution in [-0.4, -0.2) is 99.3 Å². The van der Waals surface area contributed by atoms with Crippen molar-refractivity contribution in [1.82, 2.24) is 25.1 Å². The molecule has 44 heavy (non-hydrogen) atoms. The molecule has 12 heteroatoms. The van der Waals surface area contributed by atoms with E-state index in [9.17, 15) is 24.3 Å². The number of hydrogen-bond donors (Lipinski definition) is 2. The summed E-state index contributed by atoms with van der Waals surface area (Å²) >= 11 is 0. The molecular weight excluding hydrogens is 566 g/mol. The SMILES string of the molecule is CCOC(=O)N1CCN(C(=O)C(CCC(=O)OC(C)(C)C)NC(=O)c2cc(CCC(O)CC)nc(-c3ccccc3)n2)CC1. The quantitative estimate of drug-likeness (QED) is 0.344. The molecule has 2 heterocycles.